The Hall–Kier alpha value is -2.58. The highest BCUT2D eigenvalue weighted by Crippen LogP contribution is 2.41. The Morgan fingerprint density at radius 1 is 1.12 bits per heavy atom. The van der Waals surface area contributed by atoms with Gasteiger partial charge in [0.15, 0.2) is 0 Å². The van der Waals surface area contributed by atoms with E-state index in [2.05, 4.69) is 4.37 Å². The van der Waals surface area contributed by atoms with E-state index in [0.717, 1.165) is 16.7 Å². The Balaban J connectivity index is 1.94. The number of alkyl halides is 3. The third-order valence-electron chi connectivity index (χ3n) is 5.44. The molecule has 0 unspecified atom stereocenters. The molecule has 9 heteroatoms. The smallest absolute Gasteiger partial charge is 0.427 e. The van der Waals surface area contributed by atoms with Crippen molar-refractivity contribution in [3.8, 4) is 22.8 Å². The third kappa shape index (κ3) is 5.68. The fraction of sp³-hybridized carbons (Fsp3) is 0.333. The molecule has 2 aromatic carbocycles. The normalized spacial score (nSPS) is 11.5. The lowest BCUT2D eigenvalue weighted by Crippen LogP contribution is -2.09. The van der Waals surface area contributed by atoms with Crippen LogP contribution < -0.4 is 9.47 Å². The standard InChI is InChI=1S/C24H23ClF3NO3S/c1-13(30)5-6-16-8-10-20(15(3)14(16)2)32-12-18-22(29-33-23(18)24(26,27)28)17-7-9-19(25)21(11-17)31-4/h7-11H,5-6,12H2,1-4H3. The van der Waals surface area contributed by atoms with E-state index in [4.69, 9.17) is 21.1 Å². The molecule has 176 valence electrons. The van der Waals surface area contributed by atoms with E-state index in [0.29, 0.717) is 46.5 Å². The first-order valence-electron chi connectivity index (χ1n) is 10.1. The van der Waals surface area contributed by atoms with Crippen LogP contribution in [0.1, 0.15) is 40.5 Å². The van der Waals surface area contributed by atoms with Crippen molar-refractivity contribution in [2.45, 2.75) is 46.4 Å². The van der Waals surface area contributed by atoms with E-state index >= 15 is 0 Å². The Bertz CT molecular complexity index is 1170. The molecule has 0 spiro atoms. The van der Waals surface area contributed by atoms with Gasteiger partial charge in [0.25, 0.3) is 0 Å². The summed E-state index contributed by atoms with van der Waals surface area (Å²) >= 11 is 6.45. The topological polar surface area (TPSA) is 48.4 Å². The van der Waals surface area contributed by atoms with Gasteiger partial charge in [0, 0.05) is 17.5 Å². The van der Waals surface area contributed by atoms with Gasteiger partial charge < -0.3 is 14.3 Å². The number of Topliss-reactive ketones (excluding diaryl/α,β-unsaturated/α-hetero) is 1. The Labute approximate surface area is 199 Å². The van der Waals surface area contributed by atoms with Gasteiger partial charge in [-0.05, 0) is 73.6 Å². The molecule has 0 aliphatic rings. The SMILES string of the molecule is COc1cc(-c2nsc(C(F)(F)F)c2COc2ccc(CCC(C)=O)c(C)c2C)ccc1Cl. The summed E-state index contributed by atoms with van der Waals surface area (Å²) in [5.74, 6) is 0.927. The molecule has 0 radical (unpaired) electrons. The van der Waals surface area contributed by atoms with Gasteiger partial charge in [0.2, 0.25) is 0 Å². The summed E-state index contributed by atoms with van der Waals surface area (Å²) in [6.07, 6.45) is -3.52. The number of carbonyl (C=O) groups is 1. The summed E-state index contributed by atoms with van der Waals surface area (Å²) in [4.78, 5) is 10.5. The van der Waals surface area contributed by atoms with Crippen LogP contribution >= 0.6 is 23.1 Å². The molecule has 0 N–H and O–H groups in total. The second kappa shape index (κ2) is 10.1. The highest BCUT2D eigenvalue weighted by atomic mass is 35.5. The van der Waals surface area contributed by atoms with Crippen molar-refractivity contribution in [3.63, 3.8) is 0 Å². The fourth-order valence-electron chi connectivity index (χ4n) is 3.44. The summed E-state index contributed by atoms with van der Waals surface area (Å²) in [5.41, 5.74) is 3.37. The zero-order valence-electron chi connectivity index (χ0n) is 18.6. The van der Waals surface area contributed by atoms with Crippen LogP contribution in [0.2, 0.25) is 5.02 Å². The van der Waals surface area contributed by atoms with Gasteiger partial charge in [-0.25, -0.2) is 0 Å². The van der Waals surface area contributed by atoms with Crippen molar-refractivity contribution in [3.05, 3.63) is 62.5 Å². The number of ether oxygens (including phenoxy) is 2. The number of methoxy groups -OCH3 is 1. The van der Waals surface area contributed by atoms with E-state index in [1.807, 2.05) is 19.9 Å². The number of aromatic nitrogens is 1. The van der Waals surface area contributed by atoms with Crippen LogP contribution in [0.4, 0.5) is 13.2 Å². The minimum Gasteiger partial charge on any atom is -0.495 e. The first-order chi connectivity index (χ1) is 15.5. The van der Waals surface area contributed by atoms with Crippen molar-refractivity contribution in [2.75, 3.05) is 7.11 Å². The van der Waals surface area contributed by atoms with E-state index in [1.54, 1.807) is 31.2 Å². The molecule has 0 aliphatic heterocycles. The molecule has 1 heterocycles. The molecule has 0 saturated carbocycles. The summed E-state index contributed by atoms with van der Waals surface area (Å²) < 4.78 is 56.2. The second-order valence-corrected chi connectivity index (χ2v) is 8.83. The van der Waals surface area contributed by atoms with E-state index < -0.39 is 11.1 Å². The predicted molar refractivity (Wildman–Crippen MR) is 123 cm³/mol. The van der Waals surface area contributed by atoms with Crippen LogP contribution in [0, 0.1) is 13.8 Å². The van der Waals surface area contributed by atoms with Crippen LogP contribution in [-0.2, 0) is 24.0 Å². The molecule has 4 nitrogen and oxygen atoms in total. The maximum Gasteiger partial charge on any atom is 0.427 e. The Morgan fingerprint density at radius 2 is 1.85 bits per heavy atom. The number of hydrogen-bond acceptors (Lipinski definition) is 5. The molecule has 0 atom stereocenters. The lowest BCUT2D eigenvalue weighted by atomic mass is 9.98. The quantitative estimate of drug-likeness (QED) is 0.330. The van der Waals surface area contributed by atoms with Crippen LogP contribution in [0.3, 0.4) is 0 Å². The minimum atomic E-state index is -4.56. The fourth-order valence-corrected chi connectivity index (χ4v) is 4.40. The molecule has 0 aliphatic carbocycles. The Kier molecular flexibility index (Phi) is 7.69. The molecule has 33 heavy (non-hydrogen) atoms. The van der Waals surface area contributed by atoms with Crippen LogP contribution in [0.5, 0.6) is 11.5 Å². The van der Waals surface area contributed by atoms with Crippen molar-refractivity contribution >= 4 is 28.9 Å². The van der Waals surface area contributed by atoms with Crippen molar-refractivity contribution in [1.82, 2.24) is 4.37 Å². The van der Waals surface area contributed by atoms with Crippen molar-refractivity contribution < 1.29 is 27.4 Å². The van der Waals surface area contributed by atoms with E-state index in [1.165, 1.54) is 7.11 Å². The number of ketones is 1. The van der Waals surface area contributed by atoms with Crippen LogP contribution in [0.25, 0.3) is 11.3 Å². The lowest BCUT2D eigenvalue weighted by Gasteiger charge is -2.16. The highest BCUT2D eigenvalue weighted by molar-refractivity contribution is 7.06. The predicted octanol–water partition coefficient (Wildman–Crippen LogP) is 7.21. The van der Waals surface area contributed by atoms with Gasteiger partial charge in [0.1, 0.15) is 28.8 Å². The molecule has 0 fully saturated rings. The molecular formula is C24H23ClF3NO3S. The zero-order valence-corrected chi connectivity index (χ0v) is 20.2. The summed E-state index contributed by atoms with van der Waals surface area (Å²) in [7, 11) is 1.43. The maximum atomic E-state index is 13.7. The molecule has 0 saturated heterocycles. The van der Waals surface area contributed by atoms with Crippen molar-refractivity contribution in [1.29, 1.82) is 0 Å². The van der Waals surface area contributed by atoms with Crippen LogP contribution in [-0.4, -0.2) is 17.3 Å². The Morgan fingerprint density at radius 3 is 2.48 bits per heavy atom. The monoisotopic (exact) mass is 497 g/mol. The summed E-state index contributed by atoms with van der Waals surface area (Å²) in [6.45, 7) is 5.00. The summed E-state index contributed by atoms with van der Waals surface area (Å²) in [5, 5.41) is 0.348. The number of hydrogen-bond donors (Lipinski definition) is 0. The first-order valence-corrected chi connectivity index (χ1v) is 11.3. The van der Waals surface area contributed by atoms with Gasteiger partial charge >= 0.3 is 6.18 Å². The molecule has 0 bridgehead atoms. The molecule has 1 aromatic heterocycles. The minimum absolute atomic E-state index is 0.0467. The zero-order chi connectivity index (χ0) is 24.3. The van der Waals surface area contributed by atoms with Gasteiger partial charge in [-0.1, -0.05) is 23.7 Å². The number of halogens is 4. The number of aryl methyl sites for hydroxylation is 1. The first kappa shape index (κ1) is 25.1. The average molecular weight is 498 g/mol. The number of carbonyl (C=O) groups excluding carboxylic acids is 1. The third-order valence-corrected chi connectivity index (χ3v) is 6.68. The number of rotatable bonds is 8. The second-order valence-electron chi connectivity index (χ2n) is 7.65. The highest BCUT2D eigenvalue weighted by Gasteiger charge is 2.38. The average Bonchev–Trinajstić information content (AvgIpc) is 3.19. The van der Waals surface area contributed by atoms with Crippen LogP contribution in [0.15, 0.2) is 30.3 Å². The van der Waals surface area contributed by atoms with Gasteiger partial charge in [-0.3, -0.25) is 0 Å². The maximum absolute atomic E-state index is 13.7. The van der Waals surface area contributed by atoms with Crippen molar-refractivity contribution in [2.24, 2.45) is 0 Å². The molecular weight excluding hydrogens is 475 g/mol. The lowest BCUT2D eigenvalue weighted by molar-refractivity contribution is -0.135. The van der Waals surface area contributed by atoms with Gasteiger partial charge in [-0.15, -0.1) is 0 Å². The van der Waals surface area contributed by atoms with Gasteiger partial charge in [-0.2, -0.15) is 17.5 Å². The summed E-state index contributed by atoms with van der Waals surface area (Å²) in [6, 6.07) is 8.29. The molecule has 0 amide bonds. The largest absolute Gasteiger partial charge is 0.495 e. The van der Waals surface area contributed by atoms with Gasteiger partial charge in [0.05, 0.1) is 17.8 Å². The van der Waals surface area contributed by atoms with E-state index in [9.17, 15) is 18.0 Å². The number of nitrogens with zero attached hydrogens (tertiary/aromatic N) is 1. The molecule has 3 aromatic rings. The molecule has 3 rings (SSSR count). The number of benzene rings is 2. The van der Waals surface area contributed by atoms with E-state index in [-0.39, 0.29) is 23.6 Å².